The molecule has 2 rings (SSSR count). The Hall–Kier alpha value is -0.380. The molecular weight excluding hydrogens is 252 g/mol. The SMILES string of the molecule is CC1CCCC(C(N)CCc2ccsc2)(N(C)C)C1. The third-order valence-corrected chi connectivity index (χ3v) is 5.65. The summed E-state index contributed by atoms with van der Waals surface area (Å²) in [6.45, 7) is 2.38. The van der Waals surface area contributed by atoms with E-state index in [2.05, 4.69) is 42.7 Å². The zero-order valence-corrected chi connectivity index (χ0v) is 13.4. The summed E-state index contributed by atoms with van der Waals surface area (Å²) in [6.07, 6.45) is 7.43. The Labute approximate surface area is 122 Å². The molecule has 0 aliphatic heterocycles. The number of nitrogens with zero attached hydrogens (tertiary/aromatic N) is 1. The topological polar surface area (TPSA) is 29.3 Å². The molecule has 0 bridgehead atoms. The number of hydrogen-bond acceptors (Lipinski definition) is 3. The van der Waals surface area contributed by atoms with Gasteiger partial charge in [-0.2, -0.15) is 11.3 Å². The maximum absolute atomic E-state index is 6.62. The predicted molar refractivity (Wildman–Crippen MR) is 84.7 cm³/mol. The summed E-state index contributed by atoms with van der Waals surface area (Å²) < 4.78 is 0. The average molecular weight is 280 g/mol. The van der Waals surface area contributed by atoms with E-state index in [1.165, 1.54) is 31.2 Å². The van der Waals surface area contributed by atoms with Crippen molar-refractivity contribution in [2.75, 3.05) is 14.1 Å². The van der Waals surface area contributed by atoms with E-state index in [4.69, 9.17) is 5.73 Å². The van der Waals surface area contributed by atoms with Crippen molar-refractivity contribution >= 4 is 11.3 Å². The zero-order chi connectivity index (χ0) is 13.9. The molecule has 2 N–H and O–H groups in total. The molecule has 0 radical (unpaired) electrons. The van der Waals surface area contributed by atoms with E-state index in [1.54, 1.807) is 11.3 Å². The zero-order valence-electron chi connectivity index (χ0n) is 12.6. The molecular formula is C16H28N2S. The molecule has 108 valence electrons. The normalized spacial score (nSPS) is 29.6. The second-order valence-corrected chi connectivity index (χ2v) is 7.26. The van der Waals surface area contributed by atoms with Crippen molar-refractivity contribution in [3.8, 4) is 0 Å². The van der Waals surface area contributed by atoms with Crippen LogP contribution in [0, 0.1) is 5.92 Å². The molecule has 0 saturated heterocycles. The highest BCUT2D eigenvalue weighted by molar-refractivity contribution is 7.07. The molecule has 3 atom stereocenters. The van der Waals surface area contributed by atoms with E-state index in [0.717, 1.165) is 18.8 Å². The summed E-state index contributed by atoms with van der Waals surface area (Å²) in [7, 11) is 4.42. The summed E-state index contributed by atoms with van der Waals surface area (Å²) >= 11 is 1.78. The maximum atomic E-state index is 6.62. The van der Waals surface area contributed by atoms with Crippen molar-refractivity contribution in [2.24, 2.45) is 11.7 Å². The lowest BCUT2D eigenvalue weighted by atomic mass is 9.70. The first kappa shape index (κ1) is 15.0. The minimum absolute atomic E-state index is 0.216. The highest BCUT2D eigenvalue weighted by Gasteiger charge is 2.41. The van der Waals surface area contributed by atoms with E-state index in [0.29, 0.717) is 0 Å². The molecule has 1 heterocycles. The van der Waals surface area contributed by atoms with Gasteiger partial charge in [0, 0.05) is 11.6 Å². The second-order valence-electron chi connectivity index (χ2n) is 6.48. The van der Waals surface area contributed by atoms with Gasteiger partial charge in [0.15, 0.2) is 0 Å². The lowest BCUT2D eigenvalue weighted by Crippen LogP contribution is -2.59. The summed E-state index contributed by atoms with van der Waals surface area (Å²) in [5.41, 5.74) is 8.28. The monoisotopic (exact) mass is 280 g/mol. The molecule has 1 aromatic heterocycles. The fraction of sp³-hybridized carbons (Fsp3) is 0.750. The van der Waals surface area contributed by atoms with Gasteiger partial charge in [0.2, 0.25) is 0 Å². The van der Waals surface area contributed by atoms with E-state index >= 15 is 0 Å². The predicted octanol–water partition coefficient (Wildman–Crippen LogP) is 3.52. The van der Waals surface area contributed by atoms with Gasteiger partial charge in [0.25, 0.3) is 0 Å². The van der Waals surface area contributed by atoms with Gasteiger partial charge >= 0.3 is 0 Å². The van der Waals surface area contributed by atoms with Crippen molar-refractivity contribution in [3.05, 3.63) is 22.4 Å². The molecule has 1 aliphatic rings. The van der Waals surface area contributed by atoms with Crippen LogP contribution in [0.25, 0.3) is 0 Å². The highest BCUT2D eigenvalue weighted by atomic mass is 32.1. The van der Waals surface area contributed by atoms with Gasteiger partial charge in [-0.05, 0) is 68.1 Å². The summed E-state index contributed by atoms with van der Waals surface area (Å²) in [5.74, 6) is 0.809. The Morgan fingerprint density at radius 1 is 1.53 bits per heavy atom. The van der Waals surface area contributed by atoms with Crippen LogP contribution in [-0.2, 0) is 6.42 Å². The van der Waals surface area contributed by atoms with Crippen LogP contribution in [0.15, 0.2) is 16.8 Å². The number of rotatable bonds is 5. The minimum atomic E-state index is 0.216. The Bertz CT molecular complexity index is 374. The fourth-order valence-electron chi connectivity index (χ4n) is 3.66. The van der Waals surface area contributed by atoms with Gasteiger partial charge in [0.05, 0.1) is 0 Å². The molecule has 0 spiro atoms. The van der Waals surface area contributed by atoms with E-state index < -0.39 is 0 Å². The largest absolute Gasteiger partial charge is 0.326 e. The molecule has 0 amide bonds. The number of aryl methyl sites for hydroxylation is 1. The molecule has 1 fully saturated rings. The summed E-state index contributed by atoms with van der Waals surface area (Å²) in [6, 6.07) is 2.51. The van der Waals surface area contributed by atoms with Crippen LogP contribution in [0.3, 0.4) is 0 Å². The van der Waals surface area contributed by atoms with Gasteiger partial charge < -0.3 is 10.6 Å². The van der Waals surface area contributed by atoms with Crippen molar-refractivity contribution in [3.63, 3.8) is 0 Å². The molecule has 3 unspecified atom stereocenters. The maximum Gasteiger partial charge on any atom is 0.0356 e. The Morgan fingerprint density at radius 3 is 2.89 bits per heavy atom. The molecule has 2 nitrogen and oxygen atoms in total. The Morgan fingerprint density at radius 2 is 2.32 bits per heavy atom. The van der Waals surface area contributed by atoms with Crippen LogP contribution in [0.2, 0.25) is 0 Å². The van der Waals surface area contributed by atoms with Crippen LogP contribution in [-0.4, -0.2) is 30.6 Å². The molecule has 1 saturated carbocycles. The van der Waals surface area contributed by atoms with E-state index in [1.807, 2.05) is 0 Å². The summed E-state index contributed by atoms with van der Waals surface area (Å²) in [5, 5.41) is 4.41. The van der Waals surface area contributed by atoms with Crippen LogP contribution in [0.4, 0.5) is 0 Å². The first-order valence-electron chi connectivity index (χ1n) is 7.48. The van der Waals surface area contributed by atoms with Gasteiger partial charge in [-0.15, -0.1) is 0 Å². The van der Waals surface area contributed by atoms with E-state index in [-0.39, 0.29) is 11.6 Å². The Kier molecular flexibility index (Phi) is 5.04. The summed E-state index contributed by atoms with van der Waals surface area (Å²) in [4.78, 5) is 2.40. The molecule has 1 aliphatic carbocycles. The molecule has 3 heteroatoms. The fourth-order valence-corrected chi connectivity index (χ4v) is 4.37. The third-order valence-electron chi connectivity index (χ3n) is 4.91. The standard InChI is InChI=1S/C16H28N2S/c1-13-5-4-9-16(11-13,18(2)3)15(17)7-6-14-8-10-19-12-14/h8,10,12-13,15H,4-7,9,11,17H2,1-3H3. The highest BCUT2D eigenvalue weighted by Crippen LogP contribution is 2.38. The number of hydrogen-bond donors (Lipinski definition) is 1. The average Bonchev–Trinajstić information content (AvgIpc) is 2.88. The first-order valence-corrected chi connectivity index (χ1v) is 8.43. The van der Waals surface area contributed by atoms with Gasteiger partial charge in [-0.25, -0.2) is 0 Å². The number of nitrogens with two attached hydrogens (primary N) is 1. The van der Waals surface area contributed by atoms with Crippen molar-refractivity contribution in [2.45, 2.75) is 57.0 Å². The van der Waals surface area contributed by atoms with Gasteiger partial charge in [-0.1, -0.05) is 19.8 Å². The van der Waals surface area contributed by atoms with Crippen molar-refractivity contribution in [1.29, 1.82) is 0 Å². The molecule has 1 aromatic rings. The van der Waals surface area contributed by atoms with Crippen LogP contribution in [0.5, 0.6) is 0 Å². The van der Waals surface area contributed by atoms with Crippen LogP contribution in [0.1, 0.15) is 44.6 Å². The lowest BCUT2D eigenvalue weighted by molar-refractivity contribution is 0.0477. The van der Waals surface area contributed by atoms with Gasteiger partial charge in [-0.3, -0.25) is 0 Å². The smallest absolute Gasteiger partial charge is 0.0356 e. The van der Waals surface area contributed by atoms with Crippen molar-refractivity contribution < 1.29 is 0 Å². The number of thiophene rings is 1. The number of likely N-dealkylation sites (N-methyl/N-ethyl adjacent to an activating group) is 1. The lowest BCUT2D eigenvalue weighted by Gasteiger charge is -2.49. The first-order chi connectivity index (χ1) is 9.04. The molecule has 0 aromatic carbocycles. The Balaban J connectivity index is 2.01. The minimum Gasteiger partial charge on any atom is -0.326 e. The van der Waals surface area contributed by atoms with Crippen molar-refractivity contribution in [1.82, 2.24) is 4.90 Å². The van der Waals surface area contributed by atoms with E-state index in [9.17, 15) is 0 Å². The third kappa shape index (κ3) is 3.39. The van der Waals surface area contributed by atoms with Gasteiger partial charge in [0.1, 0.15) is 0 Å². The quantitative estimate of drug-likeness (QED) is 0.894. The molecule has 19 heavy (non-hydrogen) atoms. The van der Waals surface area contributed by atoms with Crippen LogP contribution >= 0.6 is 11.3 Å². The second kappa shape index (κ2) is 6.38. The van der Waals surface area contributed by atoms with Crippen LogP contribution < -0.4 is 5.73 Å².